The normalized spacial score (nSPS) is 16.7. The molecular formula is C14H19N5. The number of nitrogen functional groups attached to an aromatic ring is 1. The van der Waals surface area contributed by atoms with E-state index in [-0.39, 0.29) is 0 Å². The zero-order valence-corrected chi connectivity index (χ0v) is 11.2. The molecule has 1 fully saturated rings. The van der Waals surface area contributed by atoms with Crippen molar-refractivity contribution in [2.75, 3.05) is 5.73 Å². The van der Waals surface area contributed by atoms with E-state index in [4.69, 9.17) is 5.73 Å². The zero-order valence-electron chi connectivity index (χ0n) is 11.2. The highest BCUT2D eigenvalue weighted by molar-refractivity contribution is 5.67. The predicted octanol–water partition coefficient (Wildman–Crippen LogP) is 2.74. The summed E-state index contributed by atoms with van der Waals surface area (Å²) in [5.74, 6) is 1.76. The van der Waals surface area contributed by atoms with E-state index in [1.807, 2.05) is 19.1 Å². The first-order chi connectivity index (χ1) is 9.27. The highest BCUT2D eigenvalue weighted by atomic mass is 15.3. The van der Waals surface area contributed by atoms with Crippen LogP contribution in [0.15, 0.2) is 18.3 Å². The second kappa shape index (κ2) is 4.99. The average molecular weight is 257 g/mol. The van der Waals surface area contributed by atoms with E-state index in [9.17, 15) is 0 Å². The maximum atomic E-state index is 6.02. The molecule has 3 rings (SSSR count). The van der Waals surface area contributed by atoms with Gasteiger partial charge in [0, 0.05) is 12.2 Å². The molecule has 1 aliphatic rings. The van der Waals surface area contributed by atoms with Crippen molar-refractivity contribution in [2.24, 2.45) is 0 Å². The van der Waals surface area contributed by atoms with Gasteiger partial charge in [0.25, 0.3) is 0 Å². The minimum absolute atomic E-state index is 0.486. The number of aryl methyl sites for hydroxylation is 1. The van der Waals surface area contributed by atoms with Crippen molar-refractivity contribution < 1.29 is 0 Å². The largest absolute Gasteiger partial charge is 0.397 e. The molecule has 2 N–H and O–H groups in total. The van der Waals surface area contributed by atoms with Gasteiger partial charge in [0.05, 0.1) is 5.69 Å². The number of nitrogens with two attached hydrogens (primary N) is 1. The van der Waals surface area contributed by atoms with Crippen LogP contribution in [0.25, 0.3) is 11.5 Å². The first-order valence-corrected chi connectivity index (χ1v) is 6.89. The molecule has 100 valence electrons. The Kier molecular flexibility index (Phi) is 3.19. The van der Waals surface area contributed by atoms with Crippen LogP contribution < -0.4 is 5.73 Å². The highest BCUT2D eigenvalue weighted by Crippen LogP contribution is 2.33. The van der Waals surface area contributed by atoms with Gasteiger partial charge in [-0.1, -0.05) is 19.3 Å². The van der Waals surface area contributed by atoms with E-state index >= 15 is 0 Å². The Morgan fingerprint density at radius 3 is 2.74 bits per heavy atom. The minimum Gasteiger partial charge on any atom is -0.397 e. The molecule has 5 nitrogen and oxygen atoms in total. The fourth-order valence-electron chi connectivity index (χ4n) is 2.91. The summed E-state index contributed by atoms with van der Waals surface area (Å²) in [5.41, 5.74) is 7.42. The molecule has 1 saturated carbocycles. The molecule has 2 aromatic heterocycles. The van der Waals surface area contributed by atoms with Crippen LogP contribution in [0.4, 0.5) is 5.69 Å². The summed E-state index contributed by atoms with van der Waals surface area (Å²) in [7, 11) is 0. The number of rotatable bonds is 2. The smallest absolute Gasteiger partial charge is 0.185 e. The van der Waals surface area contributed by atoms with Gasteiger partial charge in [-0.15, -0.1) is 10.2 Å². The summed E-state index contributed by atoms with van der Waals surface area (Å²) in [6.07, 6.45) is 8.02. The number of hydrogen-bond donors (Lipinski definition) is 1. The molecule has 2 aromatic rings. The highest BCUT2D eigenvalue weighted by Gasteiger charge is 2.23. The first-order valence-electron chi connectivity index (χ1n) is 6.89. The Labute approximate surface area is 112 Å². The first kappa shape index (κ1) is 12.1. The minimum atomic E-state index is 0.486. The van der Waals surface area contributed by atoms with E-state index in [2.05, 4.69) is 19.7 Å². The zero-order chi connectivity index (χ0) is 13.2. The van der Waals surface area contributed by atoms with Crippen LogP contribution in [-0.2, 0) is 0 Å². The predicted molar refractivity (Wildman–Crippen MR) is 74.5 cm³/mol. The number of anilines is 1. The Bertz CT molecular complexity index is 569. The van der Waals surface area contributed by atoms with Gasteiger partial charge < -0.3 is 10.3 Å². The van der Waals surface area contributed by atoms with Gasteiger partial charge >= 0.3 is 0 Å². The van der Waals surface area contributed by atoms with Crippen LogP contribution in [-0.4, -0.2) is 19.7 Å². The summed E-state index contributed by atoms with van der Waals surface area (Å²) in [6.45, 7) is 2.00. The van der Waals surface area contributed by atoms with Crippen molar-refractivity contribution in [1.82, 2.24) is 19.7 Å². The average Bonchev–Trinajstić information content (AvgIpc) is 2.82. The van der Waals surface area contributed by atoms with Crippen LogP contribution in [0.5, 0.6) is 0 Å². The van der Waals surface area contributed by atoms with Gasteiger partial charge in [-0.25, -0.2) is 0 Å². The lowest BCUT2D eigenvalue weighted by molar-refractivity contribution is 0.350. The molecule has 5 heteroatoms. The van der Waals surface area contributed by atoms with Gasteiger partial charge in [-0.3, -0.25) is 4.98 Å². The van der Waals surface area contributed by atoms with Gasteiger partial charge in [0.15, 0.2) is 5.82 Å². The lowest BCUT2D eigenvalue weighted by Gasteiger charge is -2.25. The standard InChI is InChI=1S/C14H19N5/c1-10-17-18-14(13-12(15)8-5-9-16-13)19(10)11-6-3-2-4-7-11/h5,8-9,11H,2-4,6-7,15H2,1H3. The Morgan fingerprint density at radius 2 is 2.00 bits per heavy atom. The molecule has 0 amide bonds. The SMILES string of the molecule is Cc1nnc(-c2ncccc2N)n1C1CCCCC1. The van der Waals surface area contributed by atoms with Crippen molar-refractivity contribution in [1.29, 1.82) is 0 Å². The maximum Gasteiger partial charge on any atom is 0.185 e. The molecule has 19 heavy (non-hydrogen) atoms. The number of nitrogens with zero attached hydrogens (tertiary/aromatic N) is 4. The van der Waals surface area contributed by atoms with Gasteiger partial charge in [0.2, 0.25) is 0 Å². The fraction of sp³-hybridized carbons (Fsp3) is 0.500. The van der Waals surface area contributed by atoms with E-state index in [1.54, 1.807) is 6.20 Å². The molecule has 0 unspecified atom stereocenters. The third kappa shape index (κ3) is 2.20. The van der Waals surface area contributed by atoms with Gasteiger partial charge in [0.1, 0.15) is 11.5 Å². The van der Waals surface area contributed by atoms with E-state index in [1.165, 1.54) is 32.1 Å². The third-order valence-electron chi connectivity index (χ3n) is 3.86. The summed E-state index contributed by atoms with van der Waals surface area (Å²) in [6, 6.07) is 4.19. The Hall–Kier alpha value is -1.91. The molecule has 0 radical (unpaired) electrons. The van der Waals surface area contributed by atoms with Crippen molar-refractivity contribution >= 4 is 5.69 Å². The molecule has 0 spiro atoms. The monoisotopic (exact) mass is 257 g/mol. The van der Waals surface area contributed by atoms with Crippen molar-refractivity contribution in [3.8, 4) is 11.5 Å². The van der Waals surface area contributed by atoms with E-state index in [0.29, 0.717) is 11.7 Å². The van der Waals surface area contributed by atoms with E-state index < -0.39 is 0 Å². The molecule has 2 heterocycles. The van der Waals surface area contributed by atoms with E-state index in [0.717, 1.165) is 17.3 Å². The number of pyridine rings is 1. The fourth-order valence-corrected chi connectivity index (χ4v) is 2.91. The number of hydrogen-bond acceptors (Lipinski definition) is 4. The molecule has 1 aliphatic carbocycles. The van der Waals surface area contributed by atoms with Crippen molar-refractivity contribution in [3.05, 3.63) is 24.2 Å². The van der Waals surface area contributed by atoms with Crippen LogP contribution >= 0.6 is 0 Å². The Morgan fingerprint density at radius 1 is 1.21 bits per heavy atom. The van der Waals surface area contributed by atoms with Crippen LogP contribution in [0.2, 0.25) is 0 Å². The lowest BCUT2D eigenvalue weighted by atomic mass is 9.95. The summed E-state index contributed by atoms with van der Waals surface area (Å²) in [4.78, 5) is 4.37. The summed E-state index contributed by atoms with van der Waals surface area (Å²) in [5, 5.41) is 8.52. The second-order valence-electron chi connectivity index (χ2n) is 5.17. The van der Waals surface area contributed by atoms with Gasteiger partial charge in [-0.05, 0) is 31.9 Å². The lowest BCUT2D eigenvalue weighted by Crippen LogP contribution is -2.16. The Balaban J connectivity index is 2.05. The molecule has 0 atom stereocenters. The quantitative estimate of drug-likeness (QED) is 0.898. The molecule has 0 aliphatic heterocycles. The summed E-state index contributed by atoms with van der Waals surface area (Å²) < 4.78 is 2.22. The second-order valence-corrected chi connectivity index (χ2v) is 5.17. The van der Waals surface area contributed by atoms with Crippen LogP contribution in [0, 0.1) is 6.92 Å². The van der Waals surface area contributed by atoms with Crippen LogP contribution in [0.3, 0.4) is 0 Å². The molecule has 0 bridgehead atoms. The number of aromatic nitrogens is 4. The molecule has 0 saturated heterocycles. The maximum absolute atomic E-state index is 6.02. The summed E-state index contributed by atoms with van der Waals surface area (Å²) >= 11 is 0. The van der Waals surface area contributed by atoms with Crippen LogP contribution in [0.1, 0.15) is 44.0 Å². The topological polar surface area (TPSA) is 69.6 Å². The van der Waals surface area contributed by atoms with Crippen molar-refractivity contribution in [3.63, 3.8) is 0 Å². The molecule has 0 aromatic carbocycles. The molecular weight excluding hydrogens is 238 g/mol. The third-order valence-corrected chi connectivity index (χ3v) is 3.86. The van der Waals surface area contributed by atoms with Gasteiger partial charge in [-0.2, -0.15) is 0 Å². The van der Waals surface area contributed by atoms with Crippen molar-refractivity contribution in [2.45, 2.75) is 45.1 Å².